The van der Waals surface area contributed by atoms with Crippen LogP contribution in [0.15, 0.2) is 29.2 Å². The van der Waals surface area contributed by atoms with Gasteiger partial charge in [0.2, 0.25) is 0 Å². The van der Waals surface area contributed by atoms with E-state index in [-0.39, 0.29) is 0 Å². The standard InChI is InChI=1S/C6H6N2O3/c9-5-3-1-2-4-8(5)7-6(10)11/h1-4,7H,(H,10,11). The lowest BCUT2D eigenvalue weighted by molar-refractivity contribution is 0.206. The van der Waals surface area contributed by atoms with Crippen molar-refractivity contribution < 1.29 is 9.90 Å². The molecular formula is C6H6N2O3. The van der Waals surface area contributed by atoms with Crippen LogP contribution in [0.3, 0.4) is 0 Å². The molecule has 0 bridgehead atoms. The fourth-order valence-electron chi connectivity index (χ4n) is 0.623. The van der Waals surface area contributed by atoms with Gasteiger partial charge in [0.05, 0.1) is 0 Å². The molecule has 11 heavy (non-hydrogen) atoms. The molecular weight excluding hydrogens is 148 g/mol. The second kappa shape index (κ2) is 2.87. The van der Waals surface area contributed by atoms with Gasteiger partial charge in [-0.15, -0.1) is 0 Å². The van der Waals surface area contributed by atoms with Gasteiger partial charge in [-0.25, -0.2) is 14.9 Å². The average molecular weight is 154 g/mol. The number of amides is 1. The van der Waals surface area contributed by atoms with Gasteiger partial charge in [-0.05, 0) is 6.07 Å². The first-order valence-corrected chi connectivity index (χ1v) is 2.88. The molecule has 0 aliphatic rings. The van der Waals surface area contributed by atoms with E-state index in [1.54, 1.807) is 6.07 Å². The second-order valence-corrected chi connectivity index (χ2v) is 1.83. The van der Waals surface area contributed by atoms with E-state index in [1.165, 1.54) is 18.3 Å². The Morgan fingerprint density at radius 2 is 2.27 bits per heavy atom. The van der Waals surface area contributed by atoms with Gasteiger partial charge in [-0.3, -0.25) is 4.79 Å². The number of aromatic nitrogens is 1. The third-order valence-electron chi connectivity index (χ3n) is 1.04. The lowest BCUT2D eigenvalue weighted by atomic mass is 10.5. The first-order valence-electron chi connectivity index (χ1n) is 2.88. The maximum atomic E-state index is 10.8. The molecule has 1 heterocycles. The van der Waals surface area contributed by atoms with E-state index in [1.807, 2.05) is 5.43 Å². The Morgan fingerprint density at radius 1 is 1.55 bits per heavy atom. The zero-order valence-electron chi connectivity index (χ0n) is 5.52. The van der Waals surface area contributed by atoms with Gasteiger partial charge < -0.3 is 5.11 Å². The van der Waals surface area contributed by atoms with E-state index in [4.69, 9.17) is 5.11 Å². The van der Waals surface area contributed by atoms with Crippen molar-refractivity contribution >= 4 is 6.09 Å². The van der Waals surface area contributed by atoms with Crippen molar-refractivity contribution in [1.82, 2.24) is 4.68 Å². The Balaban J connectivity index is 2.95. The van der Waals surface area contributed by atoms with Crippen LogP contribution < -0.4 is 11.0 Å². The summed E-state index contributed by atoms with van der Waals surface area (Å²) in [5.74, 6) is 0. The number of hydrogen-bond acceptors (Lipinski definition) is 2. The third-order valence-corrected chi connectivity index (χ3v) is 1.04. The quantitative estimate of drug-likeness (QED) is 0.601. The number of pyridine rings is 1. The van der Waals surface area contributed by atoms with E-state index >= 15 is 0 Å². The van der Waals surface area contributed by atoms with E-state index in [9.17, 15) is 9.59 Å². The molecule has 0 radical (unpaired) electrons. The van der Waals surface area contributed by atoms with Gasteiger partial charge in [0.15, 0.2) is 0 Å². The zero-order valence-corrected chi connectivity index (χ0v) is 5.52. The second-order valence-electron chi connectivity index (χ2n) is 1.83. The van der Waals surface area contributed by atoms with Crippen LogP contribution in [0.1, 0.15) is 0 Å². The molecule has 0 atom stereocenters. The first kappa shape index (κ1) is 7.33. The normalized spacial score (nSPS) is 9.09. The molecule has 0 spiro atoms. The summed E-state index contributed by atoms with van der Waals surface area (Å²) >= 11 is 0. The Hall–Kier alpha value is -1.78. The lowest BCUT2D eigenvalue weighted by Gasteiger charge is -2.01. The van der Waals surface area contributed by atoms with Crippen LogP contribution in [-0.2, 0) is 0 Å². The molecule has 0 aliphatic carbocycles. The van der Waals surface area contributed by atoms with Crippen molar-refractivity contribution in [3.8, 4) is 0 Å². The monoisotopic (exact) mass is 154 g/mol. The highest BCUT2D eigenvalue weighted by Gasteiger charge is 1.95. The molecule has 0 fully saturated rings. The molecule has 1 amide bonds. The Labute approximate surface area is 61.9 Å². The van der Waals surface area contributed by atoms with Crippen LogP contribution in [0.25, 0.3) is 0 Å². The number of nitrogens with one attached hydrogen (secondary N) is 1. The van der Waals surface area contributed by atoms with Crippen LogP contribution in [0.2, 0.25) is 0 Å². The van der Waals surface area contributed by atoms with Gasteiger partial charge in [-0.1, -0.05) is 6.07 Å². The summed E-state index contributed by atoms with van der Waals surface area (Å²) in [6, 6.07) is 4.34. The SMILES string of the molecule is O=C(O)Nn1ccccc1=O. The topological polar surface area (TPSA) is 71.3 Å². The molecule has 0 saturated carbocycles. The lowest BCUT2D eigenvalue weighted by Crippen LogP contribution is -2.30. The maximum absolute atomic E-state index is 10.8. The number of carboxylic acid groups (broad SMARTS) is 1. The van der Waals surface area contributed by atoms with Crippen LogP contribution in [0, 0.1) is 0 Å². The van der Waals surface area contributed by atoms with Crippen molar-refractivity contribution in [2.75, 3.05) is 5.43 Å². The minimum absolute atomic E-state index is 0.408. The smallest absolute Gasteiger partial charge is 0.424 e. The number of carbonyl (C=O) groups is 1. The van der Waals surface area contributed by atoms with Crippen LogP contribution in [-0.4, -0.2) is 15.9 Å². The van der Waals surface area contributed by atoms with Gasteiger partial charge in [0.1, 0.15) is 0 Å². The Bertz CT molecular complexity index is 318. The van der Waals surface area contributed by atoms with Crippen molar-refractivity contribution in [1.29, 1.82) is 0 Å². The molecule has 58 valence electrons. The minimum Gasteiger partial charge on any atom is -0.464 e. The molecule has 0 saturated heterocycles. The Morgan fingerprint density at radius 3 is 2.82 bits per heavy atom. The van der Waals surface area contributed by atoms with Crippen molar-refractivity contribution in [2.45, 2.75) is 0 Å². The fourth-order valence-corrected chi connectivity index (χ4v) is 0.623. The number of nitrogens with zero attached hydrogens (tertiary/aromatic N) is 1. The molecule has 1 rings (SSSR count). The van der Waals surface area contributed by atoms with Gasteiger partial charge >= 0.3 is 6.09 Å². The van der Waals surface area contributed by atoms with Crippen LogP contribution >= 0.6 is 0 Å². The number of rotatable bonds is 1. The minimum atomic E-state index is -1.27. The number of hydrogen-bond donors (Lipinski definition) is 2. The summed E-state index contributed by atoms with van der Waals surface area (Å²) in [5.41, 5.74) is 1.49. The zero-order chi connectivity index (χ0) is 8.27. The van der Waals surface area contributed by atoms with E-state index in [0.717, 1.165) is 4.68 Å². The van der Waals surface area contributed by atoms with E-state index in [0.29, 0.717) is 0 Å². The van der Waals surface area contributed by atoms with E-state index < -0.39 is 11.7 Å². The first-order chi connectivity index (χ1) is 5.20. The molecule has 0 aromatic carbocycles. The van der Waals surface area contributed by atoms with Gasteiger partial charge in [0, 0.05) is 12.3 Å². The van der Waals surface area contributed by atoms with Crippen molar-refractivity contribution in [2.24, 2.45) is 0 Å². The van der Waals surface area contributed by atoms with Crippen molar-refractivity contribution in [3.05, 3.63) is 34.7 Å². The van der Waals surface area contributed by atoms with Gasteiger partial charge in [0.25, 0.3) is 5.56 Å². The summed E-state index contributed by atoms with van der Waals surface area (Å²) in [6.45, 7) is 0. The summed E-state index contributed by atoms with van der Waals surface area (Å²) in [6.07, 6.45) is 0.0644. The highest BCUT2D eigenvalue weighted by atomic mass is 16.4. The summed E-state index contributed by atoms with van der Waals surface area (Å²) < 4.78 is 0.877. The van der Waals surface area contributed by atoms with Crippen LogP contribution in [0.5, 0.6) is 0 Å². The molecule has 0 unspecified atom stereocenters. The van der Waals surface area contributed by atoms with Gasteiger partial charge in [-0.2, -0.15) is 0 Å². The summed E-state index contributed by atoms with van der Waals surface area (Å²) in [5, 5.41) is 8.22. The van der Waals surface area contributed by atoms with Crippen LogP contribution in [0.4, 0.5) is 4.79 Å². The molecule has 1 aromatic heterocycles. The Kier molecular flexibility index (Phi) is 1.91. The predicted molar refractivity (Wildman–Crippen MR) is 38.1 cm³/mol. The van der Waals surface area contributed by atoms with E-state index in [2.05, 4.69) is 0 Å². The summed E-state index contributed by atoms with van der Waals surface area (Å²) in [7, 11) is 0. The fraction of sp³-hybridized carbons (Fsp3) is 0. The molecule has 5 nitrogen and oxygen atoms in total. The third kappa shape index (κ3) is 1.82. The predicted octanol–water partition coefficient (Wildman–Crippen LogP) is 0.0698. The highest BCUT2D eigenvalue weighted by molar-refractivity contribution is 5.73. The molecule has 0 aliphatic heterocycles. The van der Waals surface area contributed by atoms with Crippen molar-refractivity contribution in [3.63, 3.8) is 0 Å². The maximum Gasteiger partial charge on any atom is 0.424 e. The largest absolute Gasteiger partial charge is 0.464 e. The average Bonchev–Trinajstić information content (AvgIpc) is 1.93. The molecule has 5 heteroatoms. The molecule has 2 N–H and O–H groups in total. The highest BCUT2D eigenvalue weighted by Crippen LogP contribution is 1.76. The summed E-state index contributed by atoms with van der Waals surface area (Å²) in [4.78, 5) is 20.8. The molecule has 1 aromatic rings.